The van der Waals surface area contributed by atoms with Crippen LogP contribution in [-0.4, -0.2) is 24.9 Å². The molecule has 170 valence electrons. The summed E-state index contributed by atoms with van der Waals surface area (Å²) in [7, 11) is 0. The van der Waals surface area contributed by atoms with E-state index in [-0.39, 0.29) is 0 Å². The number of nitrogens with zero attached hydrogens (tertiary/aromatic N) is 1. The number of carbonyl (C=O) groups is 2. The highest BCUT2D eigenvalue weighted by atomic mass is 16.2. The lowest BCUT2D eigenvalue weighted by molar-refractivity contribution is -0.136. The summed E-state index contributed by atoms with van der Waals surface area (Å²) < 4.78 is 0. The summed E-state index contributed by atoms with van der Waals surface area (Å²) in [6.45, 7) is 6.36. The van der Waals surface area contributed by atoms with E-state index in [1.165, 1.54) is 22.4 Å². The van der Waals surface area contributed by atoms with E-state index < -0.39 is 11.8 Å². The minimum absolute atomic E-state index is 0.462. The largest absolute Gasteiger partial charge is 0.367 e. The maximum Gasteiger partial charge on any atom is 0.313 e. The molecule has 2 N–H and O–H groups in total. The van der Waals surface area contributed by atoms with E-state index in [9.17, 15) is 9.59 Å². The molecule has 1 aliphatic heterocycles. The third kappa shape index (κ3) is 6.01. The maximum absolute atomic E-state index is 12.1. The summed E-state index contributed by atoms with van der Waals surface area (Å²) >= 11 is 0. The summed E-state index contributed by atoms with van der Waals surface area (Å²) in [5, 5.41) is 5.39. The number of amides is 2. The van der Waals surface area contributed by atoms with Crippen LogP contribution in [0.25, 0.3) is 0 Å². The molecule has 0 aliphatic carbocycles. The molecule has 0 atom stereocenters. The highest BCUT2D eigenvalue weighted by Gasteiger charge is 2.16. The minimum atomic E-state index is -0.632. The van der Waals surface area contributed by atoms with Gasteiger partial charge in [0.25, 0.3) is 0 Å². The number of anilines is 2. The first-order chi connectivity index (χ1) is 16.0. The van der Waals surface area contributed by atoms with Crippen LogP contribution in [0.1, 0.15) is 34.2 Å². The monoisotopic (exact) mass is 441 g/mol. The number of rotatable bonds is 6. The molecule has 4 rings (SSSR count). The third-order valence-electron chi connectivity index (χ3n) is 6.05. The van der Waals surface area contributed by atoms with Crippen molar-refractivity contribution in [2.45, 2.75) is 39.7 Å². The van der Waals surface area contributed by atoms with Crippen LogP contribution in [-0.2, 0) is 29.0 Å². The number of hydrogen-bond donors (Lipinski definition) is 2. The number of carbonyl (C=O) groups excluding carboxylic acids is 2. The summed E-state index contributed by atoms with van der Waals surface area (Å²) in [6.07, 6.45) is 2.70. The lowest BCUT2D eigenvalue weighted by atomic mass is 9.99. The zero-order chi connectivity index (χ0) is 23.2. The average molecular weight is 442 g/mol. The fourth-order valence-electron chi connectivity index (χ4n) is 4.40. The van der Waals surface area contributed by atoms with E-state index in [1.807, 2.05) is 32.0 Å². The van der Waals surface area contributed by atoms with Crippen molar-refractivity contribution in [2.75, 3.05) is 23.3 Å². The quantitative estimate of drug-likeness (QED) is 0.436. The Labute approximate surface area is 195 Å². The molecule has 2 amide bonds. The van der Waals surface area contributed by atoms with E-state index in [2.05, 4.69) is 64.1 Å². The normalized spacial score (nSPS) is 12.7. The van der Waals surface area contributed by atoms with Crippen LogP contribution in [0.2, 0.25) is 0 Å². The molecule has 33 heavy (non-hydrogen) atoms. The second-order valence-electron chi connectivity index (χ2n) is 8.80. The lowest BCUT2D eigenvalue weighted by Gasteiger charge is -2.30. The van der Waals surface area contributed by atoms with Crippen LogP contribution in [0.5, 0.6) is 0 Å². The van der Waals surface area contributed by atoms with Gasteiger partial charge in [-0.3, -0.25) is 9.59 Å². The van der Waals surface area contributed by atoms with E-state index >= 15 is 0 Å². The number of hydrogen-bond acceptors (Lipinski definition) is 3. The molecular formula is C28H31N3O2. The van der Waals surface area contributed by atoms with Crippen LogP contribution >= 0.6 is 0 Å². The molecule has 0 bridgehead atoms. The van der Waals surface area contributed by atoms with Crippen LogP contribution in [0.15, 0.2) is 66.7 Å². The summed E-state index contributed by atoms with van der Waals surface area (Å²) in [5.74, 6) is -1.23. The van der Waals surface area contributed by atoms with Gasteiger partial charge in [-0.05, 0) is 85.2 Å². The zero-order valence-electron chi connectivity index (χ0n) is 19.4. The van der Waals surface area contributed by atoms with Gasteiger partial charge in [-0.25, -0.2) is 0 Å². The molecule has 1 heterocycles. The molecule has 0 aromatic heterocycles. The SMILES string of the molecule is Cc1cc(C)cc(NC(=O)C(=O)NCCCc2ccc(N3CCc4ccccc4C3)cc2)c1. The van der Waals surface area contributed by atoms with Crippen LogP contribution in [0, 0.1) is 13.8 Å². The Kier molecular flexibility index (Phi) is 7.08. The molecule has 0 saturated carbocycles. The van der Waals surface area contributed by atoms with Gasteiger partial charge in [0.05, 0.1) is 0 Å². The Morgan fingerprint density at radius 3 is 2.30 bits per heavy atom. The second kappa shape index (κ2) is 10.3. The topological polar surface area (TPSA) is 61.4 Å². The highest BCUT2D eigenvalue weighted by Crippen LogP contribution is 2.24. The Morgan fingerprint density at radius 1 is 0.879 bits per heavy atom. The molecule has 5 heteroatoms. The Balaban J connectivity index is 1.21. The molecular weight excluding hydrogens is 410 g/mol. The van der Waals surface area contributed by atoms with Crippen molar-refractivity contribution in [1.29, 1.82) is 0 Å². The molecule has 3 aromatic carbocycles. The van der Waals surface area contributed by atoms with Gasteiger partial charge in [0, 0.05) is 31.0 Å². The van der Waals surface area contributed by atoms with Crippen molar-refractivity contribution in [3.05, 3.63) is 94.5 Å². The summed E-state index contributed by atoms with van der Waals surface area (Å²) in [6, 6.07) is 23.1. The van der Waals surface area contributed by atoms with Crippen molar-refractivity contribution in [3.63, 3.8) is 0 Å². The predicted molar refractivity (Wildman–Crippen MR) is 134 cm³/mol. The van der Waals surface area contributed by atoms with Gasteiger partial charge in [-0.2, -0.15) is 0 Å². The number of nitrogens with one attached hydrogen (secondary N) is 2. The third-order valence-corrected chi connectivity index (χ3v) is 6.05. The average Bonchev–Trinajstić information content (AvgIpc) is 2.81. The summed E-state index contributed by atoms with van der Waals surface area (Å²) in [5.41, 5.74) is 8.06. The van der Waals surface area contributed by atoms with Gasteiger partial charge in [0.1, 0.15) is 0 Å². The second-order valence-corrected chi connectivity index (χ2v) is 8.80. The molecule has 0 fully saturated rings. The van der Waals surface area contributed by atoms with Gasteiger partial charge < -0.3 is 15.5 Å². The first-order valence-corrected chi connectivity index (χ1v) is 11.6. The first kappa shape index (κ1) is 22.6. The van der Waals surface area contributed by atoms with Crippen molar-refractivity contribution < 1.29 is 9.59 Å². The van der Waals surface area contributed by atoms with Gasteiger partial charge in [-0.15, -0.1) is 0 Å². The number of benzene rings is 3. The molecule has 0 spiro atoms. The van der Waals surface area contributed by atoms with E-state index in [0.717, 1.165) is 43.5 Å². The predicted octanol–water partition coefficient (Wildman–Crippen LogP) is 4.55. The maximum atomic E-state index is 12.1. The smallest absolute Gasteiger partial charge is 0.313 e. The fourth-order valence-corrected chi connectivity index (χ4v) is 4.40. The minimum Gasteiger partial charge on any atom is -0.367 e. The van der Waals surface area contributed by atoms with E-state index in [4.69, 9.17) is 0 Å². The number of aryl methyl sites for hydroxylation is 3. The van der Waals surface area contributed by atoms with Crippen molar-refractivity contribution in [1.82, 2.24) is 5.32 Å². The Morgan fingerprint density at radius 2 is 1.58 bits per heavy atom. The van der Waals surface area contributed by atoms with E-state index in [0.29, 0.717) is 12.2 Å². The summed E-state index contributed by atoms with van der Waals surface area (Å²) in [4.78, 5) is 26.7. The molecule has 0 radical (unpaired) electrons. The van der Waals surface area contributed by atoms with Crippen molar-refractivity contribution in [3.8, 4) is 0 Å². The molecule has 3 aromatic rings. The molecule has 5 nitrogen and oxygen atoms in total. The van der Waals surface area contributed by atoms with Gasteiger partial charge in [0.15, 0.2) is 0 Å². The van der Waals surface area contributed by atoms with Gasteiger partial charge >= 0.3 is 11.8 Å². The Bertz CT molecular complexity index is 1120. The first-order valence-electron chi connectivity index (χ1n) is 11.6. The number of fused-ring (bicyclic) bond motifs is 1. The van der Waals surface area contributed by atoms with Crippen LogP contribution in [0.3, 0.4) is 0 Å². The van der Waals surface area contributed by atoms with Crippen molar-refractivity contribution >= 4 is 23.2 Å². The lowest BCUT2D eigenvalue weighted by Crippen LogP contribution is -2.36. The molecule has 1 aliphatic rings. The van der Waals surface area contributed by atoms with Gasteiger partial charge in [-0.1, -0.05) is 42.5 Å². The highest BCUT2D eigenvalue weighted by molar-refractivity contribution is 6.39. The zero-order valence-corrected chi connectivity index (χ0v) is 19.4. The van der Waals surface area contributed by atoms with E-state index in [1.54, 1.807) is 0 Å². The standard InChI is InChI=1S/C28H31N3O2/c1-20-16-21(2)18-25(17-20)30-28(33)27(32)29-14-5-6-22-9-11-26(12-10-22)31-15-13-23-7-3-4-8-24(23)19-31/h3-4,7-12,16-18H,5-6,13-15,19H2,1-2H3,(H,29,32)(H,30,33). The molecule has 0 saturated heterocycles. The van der Waals surface area contributed by atoms with Crippen molar-refractivity contribution in [2.24, 2.45) is 0 Å². The fraction of sp³-hybridized carbons (Fsp3) is 0.286. The van der Waals surface area contributed by atoms with Crippen LogP contribution in [0.4, 0.5) is 11.4 Å². The van der Waals surface area contributed by atoms with Gasteiger partial charge in [0.2, 0.25) is 0 Å². The van der Waals surface area contributed by atoms with Crippen LogP contribution < -0.4 is 15.5 Å². The Hall–Kier alpha value is -3.60. The molecule has 0 unspecified atom stereocenters.